The fraction of sp³-hybridized carbons (Fsp3) is 0.435. The number of sulfonamides is 1. The van der Waals surface area contributed by atoms with Gasteiger partial charge in [-0.15, -0.1) is 11.6 Å². The quantitative estimate of drug-likeness (QED) is 0.217. The van der Waals surface area contributed by atoms with Gasteiger partial charge in [-0.25, -0.2) is 13.1 Å². The molecule has 0 unspecified atom stereocenters. The number of Topliss-reactive ketones (excluding diaryl/α,β-unsaturated/α-hetero) is 1. The lowest BCUT2D eigenvalue weighted by atomic mass is 9.78. The van der Waals surface area contributed by atoms with Gasteiger partial charge in [0, 0.05) is 29.8 Å². The Balaban J connectivity index is 2.11. The fourth-order valence-electron chi connectivity index (χ4n) is 3.18. The molecule has 2 rings (SSSR count). The Hall–Kier alpha value is -1.31. The summed E-state index contributed by atoms with van der Waals surface area (Å²) in [4.78, 5) is 12.4. The molecule has 9 heteroatoms. The number of rotatable bonds is 12. The van der Waals surface area contributed by atoms with Crippen molar-refractivity contribution in [3.05, 3.63) is 63.1 Å². The molecule has 0 aliphatic heterocycles. The van der Waals surface area contributed by atoms with E-state index in [1.165, 1.54) is 0 Å². The number of benzene rings is 2. The van der Waals surface area contributed by atoms with Crippen LogP contribution in [-0.2, 0) is 15.4 Å². The van der Waals surface area contributed by atoms with Crippen LogP contribution in [-0.4, -0.2) is 39.5 Å². The van der Waals surface area contributed by atoms with Crippen molar-refractivity contribution >= 4 is 50.6 Å². The Bertz CT molecular complexity index is 1010. The molecule has 0 aliphatic carbocycles. The maximum atomic E-state index is 12.4. The van der Waals surface area contributed by atoms with Crippen LogP contribution in [0.15, 0.2) is 36.4 Å². The van der Waals surface area contributed by atoms with Crippen molar-refractivity contribution in [3.63, 3.8) is 0 Å². The second-order valence-corrected chi connectivity index (χ2v) is 11.1. The molecule has 0 heterocycles. The summed E-state index contributed by atoms with van der Waals surface area (Å²) in [5.41, 5.74) is 2.09. The second kappa shape index (κ2) is 11.7. The summed E-state index contributed by atoms with van der Waals surface area (Å²) in [5, 5.41) is 0.870. The van der Waals surface area contributed by atoms with Gasteiger partial charge in [-0.1, -0.05) is 61.3 Å². The molecule has 2 aromatic carbocycles. The minimum atomic E-state index is -3.24. The molecule has 0 saturated heterocycles. The summed E-state index contributed by atoms with van der Waals surface area (Å²) >= 11 is 18.6. The molecule has 0 spiro atoms. The highest BCUT2D eigenvalue weighted by atomic mass is 35.5. The first-order valence-corrected chi connectivity index (χ1v) is 13.4. The van der Waals surface area contributed by atoms with E-state index >= 15 is 0 Å². The molecular formula is C23H28Cl3NO4S. The molecule has 5 nitrogen and oxygen atoms in total. The maximum Gasteiger partial charge on any atom is 0.208 e. The van der Waals surface area contributed by atoms with Crippen LogP contribution in [0.5, 0.6) is 5.75 Å². The molecule has 32 heavy (non-hydrogen) atoms. The minimum Gasteiger partial charge on any atom is -0.490 e. The summed E-state index contributed by atoms with van der Waals surface area (Å²) in [5.74, 6) is 0.912. The van der Waals surface area contributed by atoms with Crippen molar-refractivity contribution in [1.82, 2.24) is 4.72 Å². The first kappa shape index (κ1) is 26.9. The van der Waals surface area contributed by atoms with Crippen molar-refractivity contribution in [2.45, 2.75) is 38.5 Å². The Morgan fingerprint density at radius 2 is 1.62 bits per heavy atom. The van der Waals surface area contributed by atoms with Gasteiger partial charge in [-0.3, -0.25) is 4.79 Å². The molecule has 1 N–H and O–H groups in total. The van der Waals surface area contributed by atoms with Gasteiger partial charge in [0.2, 0.25) is 10.0 Å². The van der Waals surface area contributed by atoms with Crippen LogP contribution in [0.3, 0.4) is 0 Å². The lowest BCUT2D eigenvalue weighted by molar-refractivity contribution is 0.0980. The van der Waals surface area contributed by atoms with Crippen LogP contribution in [0.25, 0.3) is 0 Å². The molecule has 0 fully saturated rings. The number of carbonyl (C=O) groups excluding carboxylic acids is 1. The highest BCUT2D eigenvalue weighted by Gasteiger charge is 2.26. The predicted octanol–water partition coefficient (Wildman–Crippen LogP) is 5.84. The summed E-state index contributed by atoms with van der Waals surface area (Å²) in [7, 11) is -3.24. The van der Waals surface area contributed by atoms with E-state index in [0.717, 1.165) is 17.4 Å². The molecule has 0 aromatic heterocycles. The maximum absolute atomic E-state index is 12.4. The lowest BCUT2D eigenvalue weighted by Gasteiger charge is -2.27. The topological polar surface area (TPSA) is 72.5 Å². The highest BCUT2D eigenvalue weighted by Crippen LogP contribution is 2.40. The Morgan fingerprint density at radius 3 is 2.16 bits per heavy atom. The van der Waals surface area contributed by atoms with Crippen LogP contribution in [0, 0.1) is 0 Å². The van der Waals surface area contributed by atoms with Crippen LogP contribution < -0.4 is 9.46 Å². The van der Waals surface area contributed by atoms with Gasteiger partial charge >= 0.3 is 0 Å². The predicted molar refractivity (Wildman–Crippen MR) is 132 cm³/mol. The fourth-order valence-corrected chi connectivity index (χ4v) is 4.40. The number of nitrogens with one attached hydrogen (secondary N) is 1. The molecule has 176 valence electrons. The third-order valence-corrected chi connectivity index (χ3v) is 6.68. The van der Waals surface area contributed by atoms with Gasteiger partial charge in [-0.05, 0) is 36.1 Å². The van der Waals surface area contributed by atoms with Crippen molar-refractivity contribution in [1.29, 1.82) is 0 Å². The van der Waals surface area contributed by atoms with Gasteiger partial charge in [0.05, 0.1) is 22.9 Å². The van der Waals surface area contributed by atoms with Gasteiger partial charge in [-0.2, -0.15) is 0 Å². The molecule has 2 aromatic rings. The monoisotopic (exact) mass is 519 g/mol. The van der Waals surface area contributed by atoms with Crippen LogP contribution in [0.4, 0.5) is 0 Å². The average molecular weight is 521 g/mol. The zero-order valence-electron chi connectivity index (χ0n) is 18.4. The van der Waals surface area contributed by atoms with E-state index in [1.807, 2.05) is 24.3 Å². The Labute approximate surface area is 205 Å². The van der Waals surface area contributed by atoms with Gasteiger partial charge in [0.1, 0.15) is 0 Å². The number of hydrogen-bond acceptors (Lipinski definition) is 4. The summed E-state index contributed by atoms with van der Waals surface area (Å²) in [6, 6.07) is 11.1. The van der Waals surface area contributed by atoms with Crippen molar-refractivity contribution < 1.29 is 17.9 Å². The number of ketones is 1. The smallest absolute Gasteiger partial charge is 0.208 e. The number of halogens is 3. The second-order valence-electron chi connectivity index (χ2n) is 8.06. The van der Waals surface area contributed by atoms with E-state index in [1.54, 1.807) is 12.1 Å². The first-order valence-electron chi connectivity index (χ1n) is 10.2. The normalized spacial score (nSPS) is 12.1. The number of alkyl halides is 1. The molecule has 0 saturated carbocycles. The van der Waals surface area contributed by atoms with Crippen molar-refractivity contribution in [2.24, 2.45) is 0 Å². The molecule has 0 aliphatic rings. The van der Waals surface area contributed by atoms with E-state index in [0.29, 0.717) is 46.7 Å². The molecule has 0 atom stereocenters. The van der Waals surface area contributed by atoms with E-state index in [4.69, 9.17) is 39.5 Å². The van der Waals surface area contributed by atoms with Crippen LogP contribution in [0.2, 0.25) is 10.0 Å². The first-order chi connectivity index (χ1) is 15.0. The van der Waals surface area contributed by atoms with E-state index in [-0.39, 0.29) is 18.7 Å². The number of ether oxygens (including phenoxy) is 1. The number of hydrogen-bond donors (Lipinski definition) is 1. The third kappa shape index (κ3) is 7.63. The summed E-state index contributed by atoms with van der Waals surface area (Å²) in [6.45, 7) is 4.78. The minimum absolute atomic E-state index is 0.0332. The largest absolute Gasteiger partial charge is 0.490 e. The van der Waals surface area contributed by atoms with Gasteiger partial charge in [0.15, 0.2) is 11.5 Å². The van der Waals surface area contributed by atoms with Gasteiger partial charge < -0.3 is 4.74 Å². The van der Waals surface area contributed by atoms with E-state index in [9.17, 15) is 13.2 Å². The standard InChI is InChI=1S/C23H28Cl3NO4S/c1-23(2,18-14-19(25)22(20(26)15-18)31-13-5-11-24)17-9-7-16(8-10-17)21(28)6-4-12-27-32(3,29)30/h7-10,14-15,27H,4-6,11-13H2,1-3H3. The van der Waals surface area contributed by atoms with Crippen LogP contribution >= 0.6 is 34.8 Å². The number of carbonyl (C=O) groups is 1. The van der Waals surface area contributed by atoms with E-state index < -0.39 is 15.4 Å². The molecular weight excluding hydrogens is 493 g/mol. The third-order valence-electron chi connectivity index (χ3n) is 5.12. The molecule has 0 amide bonds. The lowest BCUT2D eigenvalue weighted by Crippen LogP contribution is -2.23. The van der Waals surface area contributed by atoms with E-state index in [2.05, 4.69) is 18.6 Å². The molecule has 0 radical (unpaired) electrons. The summed E-state index contributed by atoms with van der Waals surface area (Å²) < 4.78 is 30.2. The van der Waals surface area contributed by atoms with Crippen molar-refractivity contribution in [2.75, 3.05) is 25.3 Å². The zero-order valence-corrected chi connectivity index (χ0v) is 21.5. The average Bonchev–Trinajstić information content (AvgIpc) is 2.72. The summed E-state index contributed by atoms with van der Waals surface area (Å²) in [6.07, 6.45) is 2.50. The van der Waals surface area contributed by atoms with Crippen LogP contribution in [0.1, 0.15) is 54.6 Å². The SMILES string of the molecule is CC(C)(c1ccc(C(=O)CCCNS(C)(=O)=O)cc1)c1cc(Cl)c(OCCCCl)c(Cl)c1. The Kier molecular flexibility index (Phi) is 9.85. The zero-order chi connectivity index (χ0) is 23.9. The van der Waals surface area contributed by atoms with Gasteiger partial charge in [0.25, 0.3) is 0 Å². The Morgan fingerprint density at radius 1 is 1.03 bits per heavy atom. The molecule has 0 bridgehead atoms. The highest BCUT2D eigenvalue weighted by molar-refractivity contribution is 7.88. The van der Waals surface area contributed by atoms with Crippen molar-refractivity contribution in [3.8, 4) is 5.75 Å².